The quantitative estimate of drug-likeness (QED) is 0.170. The van der Waals surface area contributed by atoms with Crippen molar-refractivity contribution >= 4 is 53.4 Å². The fraction of sp³-hybridized carbons (Fsp3) is 0. The van der Waals surface area contributed by atoms with Crippen molar-refractivity contribution in [1.29, 1.82) is 0 Å². The van der Waals surface area contributed by atoms with Crippen LogP contribution in [0.15, 0.2) is 200 Å². The van der Waals surface area contributed by atoms with E-state index in [1.807, 2.05) is 6.07 Å². The maximum absolute atomic E-state index is 5.41. The molecule has 3 aromatic heterocycles. The second-order valence-electron chi connectivity index (χ2n) is 14.2. The SMILES string of the molecule is c1ccc(-c2cc(-c3ccccc3)cc(-c3nc(-c4ccccc4)nc4c3sc3c(-c5cccc(-n6c7ccccc7c7ccccc76)c5)cccc34)c2)cc1. The predicted octanol–water partition coefficient (Wildman–Crippen LogP) is 14.3. The van der Waals surface area contributed by atoms with Gasteiger partial charge < -0.3 is 4.57 Å². The minimum atomic E-state index is 0.720. The minimum absolute atomic E-state index is 0.720. The van der Waals surface area contributed by atoms with Crippen molar-refractivity contribution < 1.29 is 0 Å². The highest BCUT2D eigenvalue weighted by Gasteiger charge is 2.20. The molecule has 0 aliphatic heterocycles. The molecule has 0 amide bonds. The lowest BCUT2D eigenvalue weighted by molar-refractivity contribution is 1.18. The third-order valence-corrected chi connectivity index (χ3v) is 12.0. The van der Waals surface area contributed by atoms with E-state index in [1.54, 1.807) is 11.3 Å². The maximum Gasteiger partial charge on any atom is 0.160 e. The van der Waals surface area contributed by atoms with Gasteiger partial charge in [0.15, 0.2) is 5.82 Å². The van der Waals surface area contributed by atoms with Crippen LogP contribution in [0, 0.1) is 0 Å². The lowest BCUT2D eigenvalue weighted by atomic mass is 9.94. The summed E-state index contributed by atoms with van der Waals surface area (Å²) in [5.74, 6) is 0.720. The Hall–Kier alpha value is -7.14. The lowest BCUT2D eigenvalue weighted by Crippen LogP contribution is -1.94. The molecule has 0 fully saturated rings. The highest BCUT2D eigenvalue weighted by Crippen LogP contribution is 2.45. The third kappa shape index (κ3) is 5.42. The molecule has 0 unspecified atom stereocenters. The molecule has 0 radical (unpaired) electrons. The van der Waals surface area contributed by atoms with Crippen LogP contribution >= 0.6 is 11.3 Å². The molecule has 0 saturated heterocycles. The molecular formula is C52H33N3S. The minimum Gasteiger partial charge on any atom is -0.309 e. The molecule has 11 rings (SSSR count). The highest BCUT2D eigenvalue weighted by atomic mass is 32.1. The summed E-state index contributed by atoms with van der Waals surface area (Å²) in [6.07, 6.45) is 0. The van der Waals surface area contributed by atoms with Crippen LogP contribution in [0.3, 0.4) is 0 Å². The van der Waals surface area contributed by atoms with Gasteiger partial charge in [-0.1, -0.05) is 158 Å². The molecule has 0 aliphatic carbocycles. The van der Waals surface area contributed by atoms with Gasteiger partial charge in [0, 0.05) is 37.7 Å². The van der Waals surface area contributed by atoms with Crippen molar-refractivity contribution in [3.05, 3.63) is 200 Å². The Morgan fingerprint density at radius 3 is 1.52 bits per heavy atom. The van der Waals surface area contributed by atoms with Crippen molar-refractivity contribution in [3.63, 3.8) is 0 Å². The van der Waals surface area contributed by atoms with Gasteiger partial charge in [-0.25, -0.2) is 9.97 Å². The summed E-state index contributed by atoms with van der Waals surface area (Å²) >= 11 is 1.79. The van der Waals surface area contributed by atoms with Crippen LogP contribution < -0.4 is 0 Å². The van der Waals surface area contributed by atoms with Gasteiger partial charge in [-0.2, -0.15) is 0 Å². The standard InChI is InChI=1S/C52H33N3S/c1-4-16-34(17-5-1)38-30-39(35-18-6-2-7-19-35)32-40(31-38)48-51-49(54-52(53-48)36-20-8-3-9-21-36)45-27-15-26-42(50(45)56-51)37-22-14-23-41(33-37)55-46-28-12-10-24-43(46)44-25-11-13-29-47(44)55/h1-33H. The van der Waals surface area contributed by atoms with Crippen LogP contribution in [0.5, 0.6) is 0 Å². The van der Waals surface area contributed by atoms with Gasteiger partial charge in [-0.05, 0) is 75.8 Å². The van der Waals surface area contributed by atoms with E-state index >= 15 is 0 Å². The van der Waals surface area contributed by atoms with Gasteiger partial charge in [0.25, 0.3) is 0 Å². The largest absolute Gasteiger partial charge is 0.309 e. The molecule has 3 heterocycles. The summed E-state index contributed by atoms with van der Waals surface area (Å²) in [6, 6.07) is 71.4. The van der Waals surface area contributed by atoms with Crippen LogP contribution in [0.4, 0.5) is 0 Å². The van der Waals surface area contributed by atoms with Crippen LogP contribution in [-0.4, -0.2) is 14.5 Å². The van der Waals surface area contributed by atoms with E-state index in [0.717, 1.165) is 60.6 Å². The molecule has 4 heteroatoms. The fourth-order valence-corrected chi connectivity index (χ4v) is 9.46. The van der Waals surface area contributed by atoms with Crippen LogP contribution in [0.25, 0.3) is 104 Å². The highest BCUT2D eigenvalue weighted by molar-refractivity contribution is 7.26. The Balaban J connectivity index is 1.15. The number of nitrogens with zero attached hydrogens (tertiary/aromatic N) is 3. The first-order valence-electron chi connectivity index (χ1n) is 18.9. The molecule has 0 spiro atoms. The van der Waals surface area contributed by atoms with Crippen molar-refractivity contribution in [2.24, 2.45) is 0 Å². The first kappa shape index (κ1) is 32.3. The van der Waals surface area contributed by atoms with Crippen LogP contribution in [0.2, 0.25) is 0 Å². The molecule has 3 nitrogen and oxygen atoms in total. The molecular weight excluding hydrogens is 699 g/mol. The molecule has 8 aromatic carbocycles. The second kappa shape index (κ2) is 13.3. The molecule has 11 aromatic rings. The molecule has 56 heavy (non-hydrogen) atoms. The van der Waals surface area contributed by atoms with E-state index < -0.39 is 0 Å². The number of hydrogen-bond acceptors (Lipinski definition) is 3. The van der Waals surface area contributed by atoms with Crippen molar-refractivity contribution in [2.75, 3.05) is 0 Å². The second-order valence-corrected chi connectivity index (χ2v) is 15.2. The average molecular weight is 732 g/mol. The van der Waals surface area contributed by atoms with E-state index in [0.29, 0.717) is 0 Å². The van der Waals surface area contributed by atoms with Gasteiger partial charge in [0.05, 0.1) is 26.9 Å². The number of thiophene rings is 1. The summed E-state index contributed by atoms with van der Waals surface area (Å²) in [5.41, 5.74) is 14.5. The van der Waals surface area contributed by atoms with Crippen molar-refractivity contribution in [1.82, 2.24) is 14.5 Å². The zero-order chi connectivity index (χ0) is 37.0. The van der Waals surface area contributed by atoms with E-state index in [9.17, 15) is 0 Å². The summed E-state index contributed by atoms with van der Waals surface area (Å²) in [6.45, 7) is 0. The number of fused-ring (bicyclic) bond motifs is 6. The monoisotopic (exact) mass is 731 g/mol. The lowest BCUT2D eigenvalue weighted by Gasteiger charge is -2.12. The van der Waals surface area contributed by atoms with Crippen molar-refractivity contribution in [3.8, 4) is 61.7 Å². The van der Waals surface area contributed by atoms with E-state index in [-0.39, 0.29) is 0 Å². The fourth-order valence-electron chi connectivity index (χ4n) is 8.18. The average Bonchev–Trinajstić information content (AvgIpc) is 3.83. The summed E-state index contributed by atoms with van der Waals surface area (Å²) in [7, 11) is 0. The first-order chi connectivity index (χ1) is 27.8. The smallest absolute Gasteiger partial charge is 0.160 e. The zero-order valence-corrected chi connectivity index (χ0v) is 31.1. The number of para-hydroxylation sites is 2. The van der Waals surface area contributed by atoms with Crippen LogP contribution in [0.1, 0.15) is 0 Å². The van der Waals surface area contributed by atoms with Gasteiger partial charge in [0.1, 0.15) is 0 Å². The predicted molar refractivity (Wildman–Crippen MR) is 236 cm³/mol. The molecule has 262 valence electrons. The zero-order valence-electron chi connectivity index (χ0n) is 30.3. The number of hydrogen-bond donors (Lipinski definition) is 0. The molecule has 0 bridgehead atoms. The van der Waals surface area contributed by atoms with Gasteiger partial charge in [-0.15, -0.1) is 11.3 Å². The Bertz CT molecular complexity index is 3120. The van der Waals surface area contributed by atoms with E-state index in [2.05, 4.69) is 199 Å². The molecule has 0 aliphatic rings. The Morgan fingerprint density at radius 1 is 0.357 bits per heavy atom. The normalized spacial score (nSPS) is 11.6. The molecule has 0 saturated carbocycles. The third-order valence-electron chi connectivity index (χ3n) is 10.8. The van der Waals surface area contributed by atoms with Crippen LogP contribution in [-0.2, 0) is 0 Å². The summed E-state index contributed by atoms with van der Waals surface area (Å²) < 4.78 is 4.67. The number of benzene rings is 8. The number of rotatable bonds is 6. The van der Waals surface area contributed by atoms with E-state index in [4.69, 9.17) is 9.97 Å². The summed E-state index contributed by atoms with van der Waals surface area (Å²) in [4.78, 5) is 10.7. The van der Waals surface area contributed by atoms with E-state index in [1.165, 1.54) is 43.2 Å². The maximum atomic E-state index is 5.41. The topological polar surface area (TPSA) is 30.7 Å². The van der Waals surface area contributed by atoms with Gasteiger partial charge in [-0.3, -0.25) is 0 Å². The Labute approximate surface area is 328 Å². The van der Waals surface area contributed by atoms with Gasteiger partial charge in [0.2, 0.25) is 0 Å². The Morgan fingerprint density at radius 2 is 0.875 bits per heavy atom. The Kier molecular flexibility index (Phi) is 7.68. The van der Waals surface area contributed by atoms with Gasteiger partial charge >= 0.3 is 0 Å². The first-order valence-corrected chi connectivity index (χ1v) is 19.7. The molecule has 0 atom stereocenters. The van der Waals surface area contributed by atoms with Crippen molar-refractivity contribution in [2.45, 2.75) is 0 Å². The summed E-state index contributed by atoms with van der Waals surface area (Å²) in [5, 5.41) is 3.65. The number of aromatic nitrogens is 3. The molecule has 0 N–H and O–H groups in total.